The second-order valence-electron chi connectivity index (χ2n) is 6.04. The number of ether oxygens (including phenoxy) is 3. The van der Waals surface area contributed by atoms with Crippen LogP contribution in [-0.2, 0) is 21.8 Å². The Hall–Kier alpha value is -2.10. The third-order valence-electron chi connectivity index (χ3n) is 4.27. The molecule has 3 heterocycles. The summed E-state index contributed by atoms with van der Waals surface area (Å²) in [7, 11) is -1.97. The van der Waals surface area contributed by atoms with Crippen LogP contribution in [0, 0.1) is 0 Å². The Morgan fingerprint density at radius 3 is 2.88 bits per heavy atom. The number of para-hydroxylation sites is 1. The minimum atomic E-state index is -3.78. The molecule has 2 aliphatic rings. The first-order valence-corrected chi connectivity index (χ1v) is 9.54. The summed E-state index contributed by atoms with van der Waals surface area (Å²) in [5.74, 6) is 0.707. The van der Waals surface area contributed by atoms with Gasteiger partial charge in [-0.25, -0.2) is 13.1 Å². The zero-order valence-corrected chi connectivity index (χ0v) is 14.5. The zero-order chi connectivity index (χ0) is 17.4. The van der Waals surface area contributed by atoms with Crippen molar-refractivity contribution >= 4 is 10.0 Å². The van der Waals surface area contributed by atoms with Crippen molar-refractivity contribution < 1.29 is 22.6 Å². The number of nitrogens with one attached hydrogen (secondary N) is 1. The summed E-state index contributed by atoms with van der Waals surface area (Å²) < 4.78 is 47.0. The molecule has 0 spiro atoms. The molecule has 8 nitrogen and oxygen atoms in total. The fourth-order valence-corrected chi connectivity index (χ4v) is 4.58. The van der Waals surface area contributed by atoms with E-state index in [1.54, 1.807) is 23.0 Å². The van der Waals surface area contributed by atoms with E-state index < -0.39 is 10.0 Å². The smallest absolute Gasteiger partial charge is 0.244 e. The van der Waals surface area contributed by atoms with Gasteiger partial charge in [-0.15, -0.1) is 0 Å². The van der Waals surface area contributed by atoms with Gasteiger partial charge in [-0.3, -0.25) is 4.68 Å². The predicted octanol–water partition coefficient (Wildman–Crippen LogP) is 1.000. The summed E-state index contributed by atoms with van der Waals surface area (Å²) in [5.41, 5.74) is 0.849. The zero-order valence-electron chi connectivity index (χ0n) is 13.7. The Labute approximate surface area is 145 Å². The van der Waals surface area contributed by atoms with E-state index in [-0.39, 0.29) is 22.8 Å². The highest BCUT2D eigenvalue weighted by atomic mass is 32.2. The maximum atomic E-state index is 12.9. The van der Waals surface area contributed by atoms with E-state index in [2.05, 4.69) is 9.82 Å². The maximum absolute atomic E-state index is 12.9. The second-order valence-corrected chi connectivity index (χ2v) is 7.72. The SMILES string of the molecule is Cn1cc([C@H]2OCC[C@@H]2NS(=O)(=O)c2cccc3c2OCCO3)cn1. The summed E-state index contributed by atoms with van der Waals surface area (Å²) in [4.78, 5) is 0.0848. The first-order valence-electron chi connectivity index (χ1n) is 8.06. The van der Waals surface area contributed by atoms with Crippen LogP contribution in [0.2, 0.25) is 0 Å². The number of hydrogen-bond donors (Lipinski definition) is 1. The summed E-state index contributed by atoms with van der Waals surface area (Å²) in [6.07, 6.45) is 3.75. The van der Waals surface area contributed by atoms with Crippen LogP contribution in [0.5, 0.6) is 11.5 Å². The molecule has 1 aromatic heterocycles. The standard InChI is InChI=1S/C16H19N3O5S/c1-19-10-11(9-17-19)15-12(5-6-23-15)18-25(20,21)14-4-2-3-13-16(14)24-8-7-22-13/h2-4,9-10,12,15,18H,5-8H2,1H3/t12-,15+/m0/s1. The number of rotatable bonds is 4. The lowest BCUT2D eigenvalue weighted by molar-refractivity contribution is 0.102. The molecule has 0 amide bonds. The lowest BCUT2D eigenvalue weighted by atomic mass is 10.1. The van der Waals surface area contributed by atoms with Crippen LogP contribution in [0.25, 0.3) is 0 Å². The van der Waals surface area contributed by atoms with Crippen LogP contribution >= 0.6 is 0 Å². The minimum absolute atomic E-state index is 0.0848. The topological polar surface area (TPSA) is 91.7 Å². The van der Waals surface area contributed by atoms with Gasteiger partial charge < -0.3 is 14.2 Å². The van der Waals surface area contributed by atoms with Gasteiger partial charge in [0.25, 0.3) is 0 Å². The summed E-state index contributed by atoms with van der Waals surface area (Å²) >= 11 is 0. The van der Waals surface area contributed by atoms with Crippen LogP contribution in [0.3, 0.4) is 0 Å². The molecule has 4 rings (SSSR count). The number of hydrogen-bond acceptors (Lipinski definition) is 6. The van der Waals surface area contributed by atoms with E-state index in [0.717, 1.165) is 5.56 Å². The lowest BCUT2D eigenvalue weighted by Gasteiger charge is -2.23. The molecular formula is C16H19N3O5S. The molecule has 25 heavy (non-hydrogen) atoms. The highest BCUT2D eigenvalue weighted by molar-refractivity contribution is 7.89. The van der Waals surface area contributed by atoms with Gasteiger partial charge in [0.1, 0.15) is 24.2 Å². The fraction of sp³-hybridized carbons (Fsp3) is 0.438. The van der Waals surface area contributed by atoms with Gasteiger partial charge in [-0.05, 0) is 18.6 Å². The van der Waals surface area contributed by atoms with Crippen molar-refractivity contribution in [3.63, 3.8) is 0 Å². The van der Waals surface area contributed by atoms with Crippen molar-refractivity contribution in [2.45, 2.75) is 23.5 Å². The molecule has 0 aliphatic carbocycles. The van der Waals surface area contributed by atoms with Gasteiger partial charge in [0, 0.05) is 25.4 Å². The quantitative estimate of drug-likeness (QED) is 0.869. The van der Waals surface area contributed by atoms with E-state index >= 15 is 0 Å². The molecule has 1 saturated heterocycles. The number of nitrogens with zero attached hydrogens (tertiary/aromatic N) is 2. The molecule has 2 atom stereocenters. The molecule has 9 heteroatoms. The first-order chi connectivity index (χ1) is 12.0. The predicted molar refractivity (Wildman–Crippen MR) is 88.1 cm³/mol. The molecule has 134 valence electrons. The highest BCUT2D eigenvalue weighted by Gasteiger charge is 2.35. The van der Waals surface area contributed by atoms with Gasteiger partial charge in [-0.1, -0.05) is 6.07 Å². The van der Waals surface area contributed by atoms with Crippen molar-refractivity contribution in [1.29, 1.82) is 0 Å². The van der Waals surface area contributed by atoms with E-state index in [0.29, 0.717) is 32.0 Å². The number of fused-ring (bicyclic) bond motifs is 1. The molecule has 1 aromatic carbocycles. The van der Waals surface area contributed by atoms with Gasteiger partial charge in [0.15, 0.2) is 11.5 Å². The Morgan fingerprint density at radius 2 is 2.08 bits per heavy atom. The van der Waals surface area contributed by atoms with Crippen molar-refractivity contribution in [1.82, 2.24) is 14.5 Å². The highest BCUT2D eigenvalue weighted by Crippen LogP contribution is 2.37. The Balaban J connectivity index is 1.61. The normalized spacial score (nSPS) is 22.9. The Bertz CT molecular complexity index is 880. The number of aryl methyl sites for hydroxylation is 1. The molecule has 2 aliphatic heterocycles. The lowest BCUT2D eigenvalue weighted by Crippen LogP contribution is -2.37. The van der Waals surface area contributed by atoms with E-state index in [1.165, 1.54) is 6.07 Å². The summed E-state index contributed by atoms with van der Waals surface area (Å²) in [6, 6.07) is 4.50. The number of aromatic nitrogens is 2. The molecule has 0 unspecified atom stereocenters. The molecule has 2 aromatic rings. The second kappa shape index (κ2) is 6.32. The molecule has 0 radical (unpaired) electrons. The molecule has 0 bridgehead atoms. The van der Waals surface area contributed by atoms with Crippen molar-refractivity contribution in [2.75, 3.05) is 19.8 Å². The minimum Gasteiger partial charge on any atom is -0.486 e. The average Bonchev–Trinajstić information content (AvgIpc) is 3.22. The van der Waals surface area contributed by atoms with Crippen LogP contribution < -0.4 is 14.2 Å². The largest absolute Gasteiger partial charge is 0.486 e. The van der Waals surface area contributed by atoms with E-state index in [1.807, 2.05) is 13.2 Å². The Morgan fingerprint density at radius 1 is 1.24 bits per heavy atom. The van der Waals surface area contributed by atoms with Gasteiger partial charge in [0.2, 0.25) is 10.0 Å². The number of sulfonamides is 1. The van der Waals surface area contributed by atoms with Crippen molar-refractivity contribution in [3.8, 4) is 11.5 Å². The van der Waals surface area contributed by atoms with E-state index in [9.17, 15) is 8.42 Å². The van der Waals surface area contributed by atoms with Crippen LogP contribution in [0.4, 0.5) is 0 Å². The first kappa shape index (κ1) is 16.4. The van der Waals surface area contributed by atoms with Crippen molar-refractivity contribution in [3.05, 3.63) is 36.2 Å². The van der Waals surface area contributed by atoms with E-state index in [4.69, 9.17) is 14.2 Å². The van der Waals surface area contributed by atoms with Crippen LogP contribution in [0.1, 0.15) is 18.1 Å². The summed E-state index contributed by atoms with van der Waals surface area (Å²) in [5, 5.41) is 4.13. The van der Waals surface area contributed by atoms with Crippen LogP contribution in [-0.4, -0.2) is 44.1 Å². The summed E-state index contributed by atoms with van der Waals surface area (Å²) in [6.45, 7) is 1.22. The Kier molecular flexibility index (Phi) is 4.14. The molecule has 1 fully saturated rings. The van der Waals surface area contributed by atoms with Crippen LogP contribution in [0.15, 0.2) is 35.5 Å². The fourth-order valence-electron chi connectivity index (χ4n) is 3.15. The molecule has 0 saturated carbocycles. The van der Waals surface area contributed by atoms with Gasteiger partial charge in [0.05, 0.1) is 12.2 Å². The molecule has 1 N–H and O–H groups in total. The molecular weight excluding hydrogens is 346 g/mol. The van der Waals surface area contributed by atoms with Crippen molar-refractivity contribution in [2.24, 2.45) is 7.05 Å². The van der Waals surface area contributed by atoms with Gasteiger partial charge >= 0.3 is 0 Å². The number of benzene rings is 1. The third-order valence-corrected chi connectivity index (χ3v) is 5.78. The average molecular weight is 365 g/mol. The maximum Gasteiger partial charge on any atom is 0.244 e. The monoisotopic (exact) mass is 365 g/mol. The van der Waals surface area contributed by atoms with Gasteiger partial charge in [-0.2, -0.15) is 5.10 Å². The third kappa shape index (κ3) is 3.10.